The van der Waals surface area contributed by atoms with Gasteiger partial charge in [0.15, 0.2) is 5.76 Å². The number of ether oxygens (including phenoxy) is 1. The molecule has 0 fully saturated rings. The van der Waals surface area contributed by atoms with Crippen molar-refractivity contribution >= 4 is 5.91 Å². The molecule has 0 saturated heterocycles. The van der Waals surface area contributed by atoms with E-state index in [1.807, 2.05) is 19.2 Å². The summed E-state index contributed by atoms with van der Waals surface area (Å²) in [6.45, 7) is 0.699. The molecular formula is C20H21N3O3. The average molecular weight is 351 g/mol. The van der Waals surface area contributed by atoms with Crippen molar-refractivity contribution in [1.82, 2.24) is 15.1 Å². The van der Waals surface area contributed by atoms with Gasteiger partial charge in [-0.25, -0.2) is 0 Å². The van der Waals surface area contributed by atoms with Crippen LogP contribution in [0.5, 0.6) is 5.75 Å². The van der Waals surface area contributed by atoms with Gasteiger partial charge in [0.05, 0.1) is 12.2 Å². The lowest BCUT2D eigenvalue weighted by atomic mass is 10.1. The van der Waals surface area contributed by atoms with Gasteiger partial charge in [-0.05, 0) is 60.7 Å². The zero-order chi connectivity index (χ0) is 17.9. The maximum Gasteiger partial charge on any atom is 0.287 e. The molecule has 6 heteroatoms. The zero-order valence-electron chi connectivity index (χ0n) is 14.7. The second-order valence-electron chi connectivity index (χ2n) is 6.47. The lowest BCUT2D eigenvalue weighted by Crippen LogP contribution is -2.23. The van der Waals surface area contributed by atoms with Crippen LogP contribution in [0.2, 0.25) is 0 Å². The Balaban J connectivity index is 1.32. The van der Waals surface area contributed by atoms with Crippen molar-refractivity contribution < 1.29 is 13.9 Å². The van der Waals surface area contributed by atoms with Gasteiger partial charge >= 0.3 is 0 Å². The Labute approximate surface area is 151 Å². The standard InChI is InChI=1S/C20H21N3O3/c1-23-16(9-10-22-23)12-21-20(24)19-8-7-18(26-19)13-25-17-6-5-14-3-2-4-15(14)11-17/h5-11H,2-4,12-13H2,1H3,(H,21,24). The van der Waals surface area contributed by atoms with Gasteiger partial charge in [-0.1, -0.05) is 6.07 Å². The minimum Gasteiger partial charge on any atom is -0.486 e. The Morgan fingerprint density at radius 3 is 2.96 bits per heavy atom. The van der Waals surface area contributed by atoms with Crippen LogP contribution >= 0.6 is 0 Å². The number of amides is 1. The number of aromatic nitrogens is 2. The highest BCUT2D eigenvalue weighted by molar-refractivity contribution is 5.91. The smallest absolute Gasteiger partial charge is 0.287 e. The van der Waals surface area contributed by atoms with E-state index < -0.39 is 0 Å². The van der Waals surface area contributed by atoms with E-state index in [1.165, 1.54) is 17.5 Å². The van der Waals surface area contributed by atoms with Crippen LogP contribution in [0.15, 0.2) is 47.0 Å². The fraction of sp³-hybridized carbons (Fsp3) is 0.300. The second-order valence-corrected chi connectivity index (χ2v) is 6.47. The molecule has 0 saturated carbocycles. The molecule has 1 aliphatic carbocycles. The number of carbonyl (C=O) groups excluding carboxylic acids is 1. The highest BCUT2D eigenvalue weighted by atomic mass is 16.5. The number of nitrogens with zero attached hydrogens (tertiary/aromatic N) is 2. The van der Waals surface area contributed by atoms with Gasteiger partial charge in [0, 0.05) is 13.2 Å². The Hall–Kier alpha value is -3.02. The van der Waals surface area contributed by atoms with E-state index in [1.54, 1.807) is 23.0 Å². The number of hydrogen-bond donors (Lipinski definition) is 1. The molecule has 0 radical (unpaired) electrons. The molecule has 0 unspecified atom stereocenters. The number of fused-ring (bicyclic) bond motifs is 1. The van der Waals surface area contributed by atoms with Crippen molar-refractivity contribution in [1.29, 1.82) is 0 Å². The summed E-state index contributed by atoms with van der Waals surface area (Å²) in [5, 5.41) is 6.89. The van der Waals surface area contributed by atoms with Crippen LogP contribution in [0.1, 0.15) is 39.6 Å². The molecule has 1 aromatic carbocycles. The fourth-order valence-corrected chi connectivity index (χ4v) is 3.20. The van der Waals surface area contributed by atoms with E-state index >= 15 is 0 Å². The fourth-order valence-electron chi connectivity index (χ4n) is 3.20. The van der Waals surface area contributed by atoms with Crippen LogP contribution in [-0.2, 0) is 33.0 Å². The van der Waals surface area contributed by atoms with E-state index in [2.05, 4.69) is 22.5 Å². The summed E-state index contributed by atoms with van der Waals surface area (Å²) in [4.78, 5) is 12.2. The maximum atomic E-state index is 12.2. The van der Waals surface area contributed by atoms with Crippen LogP contribution in [0, 0.1) is 0 Å². The largest absolute Gasteiger partial charge is 0.486 e. The molecule has 2 aromatic heterocycles. The molecular weight excluding hydrogens is 330 g/mol. The topological polar surface area (TPSA) is 69.3 Å². The summed E-state index contributed by atoms with van der Waals surface area (Å²) >= 11 is 0. The molecule has 0 spiro atoms. The van der Waals surface area contributed by atoms with Crippen molar-refractivity contribution in [3.8, 4) is 5.75 Å². The monoisotopic (exact) mass is 351 g/mol. The Bertz CT molecular complexity index is 926. The summed E-state index contributed by atoms with van der Waals surface area (Å²) in [5.41, 5.74) is 3.71. The maximum absolute atomic E-state index is 12.2. The number of aryl methyl sites for hydroxylation is 3. The quantitative estimate of drug-likeness (QED) is 0.741. The summed E-state index contributed by atoms with van der Waals surface area (Å²) < 4.78 is 13.1. The third-order valence-corrected chi connectivity index (χ3v) is 4.69. The molecule has 4 rings (SSSR count). The number of benzene rings is 1. The zero-order valence-corrected chi connectivity index (χ0v) is 14.7. The first kappa shape index (κ1) is 16.4. The predicted molar refractivity (Wildman–Crippen MR) is 95.9 cm³/mol. The summed E-state index contributed by atoms with van der Waals surface area (Å²) in [6, 6.07) is 11.5. The van der Waals surface area contributed by atoms with Crippen LogP contribution in [0.4, 0.5) is 0 Å². The SMILES string of the molecule is Cn1nccc1CNC(=O)c1ccc(COc2ccc3c(c2)CCC3)o1. The van der Waals surface area contributed by atoms with Gasteiger partial charge in [-0.3, -0.25) is 9.48 Å². The number of furan rings is 1. The first-order valence-electron chi connectivity index (χ1n) is 8.77. The molecule has 1 N–H and O–H groups in total. The van der Waals surface area contributed by atoms with Gasteiger partial charge < -0.3 is 14.5 Å². The molecule has 3 aromatic rings. The third-order valence-electron chi connectivity index (χ3n) is 4.69. The van der Waals surface area contributed by atoms with Gasteiger partial charge in [-0.2, -0.15) is 5.10 Å². The third kappa shape index (κ3) is 3.49. The molecule has 1 aliphatic rings. The van der Waals surface area contributed by atoms with E-state index in [0.29, 0.717) is 18.9 Å². The van der Waals surface area contributed by atoms with Crippen molar-refractivity contribution in [3.63, 3.8) is 0 Å². The van der Waals surface area contributed by atoms with E-state index in [4.69, 9.17) is 9.15 Å². The van der Waals surface area contributed by atoms with Crippen LogP contribution in [-0.4, -0.2) is 15.7 Å². The minimum atomic E-state index is -0.255. The van der Waals surface area contributed by atoms with Gasteiger partial charge in [0.25, 0.3) is 5.91 Å². The van der Waals surface area contributed by atoms with E-state index in [9.17, 15) is 4.79 Å². The summed E-state index contributed by atoms with van der Waals surface area (Å²) in [5.74, 6) is 1.48. The minimum absolute atomic E-state index is 0.255. The number of rotatable bonds is 6. The number of nitrogens with one attached hydrogen (secondary N) is 1. The number of carbonyl (C=O) groups is 1. The highest BCUT2D eigenvalue weighted by Crippen LogP contribution is 2.26. The molecule has 0 atom stereocenters. The van der Waals surface area contributed by atoms with Crippen molar-refractivity contribution in [2.75, 3.05) is 0 Å². The lowest BCUT2D eigenvalue weighted by Gasteiger charge is -2.07. The molecule has 0 bridgehead atoms. The van der Waals surface area contributed by atoms with Crippen LogP contribution in [0.3, 0.4) is 0 Å². The molecule has 0 aliphatic heterocycles. The first-order valence-corrected chi connectivity index (χ1v) is 8.77. The lowest BCUT2D eigenvalue weighted by molar-refractivity contribution is 0.0918. The van der Waals surface area contributed by atoms with Crippen LogP contribution in [0.25, 0.3) is 0 Å². The molecule has 6 nitrogen and oxygen atoms in total. The highest BCUT2D eigenvalue weighted by Gasteiger charge is 2.14. The average Bonchev–Trinajstić information content (AvgIpc) is 3.38. The predicted octanol–water partition coefficient (Wildman–Crippen LogP) is 3.01. The van der Waals surface area contributed by atoms with Gasteiger partial charge in [-0.15, -0.1) is 0 Å². The summed E-state index contributed by atoms with van der Waals surface area (Å²) in [7, 11) is 1.84. The molecule has 2 heterocycles. The van der Waals surface area contributed by atoms with Crippen molar-refractivity contribution in [3.05, 3.63) is 70.9 Å². The number of hydrogen-bond acceptors (Lipinski definition) is 4. The molecule has 26 heavy (non-hydrogen) atoms. The van der Waals surface area contributed by atoms with E-state index in [-0.39, 0.29) is 11.7 Å². The van der Waals surface area contributed by atoms with Gasteiger partial charge in [0.1, 0.15) is 18.1 Å². The molecule has 1 amide bonds. The second kappa shape index (κ2) is 7.07. The Kier molecular flexibility index (Phi) is 4.48. The van der Waals surface area contributed by atoms with Gasteiger partial charge in [0.2, 0.25) is 0 Å². The van der Waals surface area contributed by atoms with Crippen molar-refractivity contribution in [2.45, 2.75) is 32.4 Å². The Morgan fingerprint density at radius 2 is 2.12 bits per heavy atom. The Morgan fingerprint density at radius 1 is 1.23 bits per heavy atom. The first-order chi connectivity index (χ1) is 12.7. The van der Waals surface area contributed by atoms with Crippen LogP contribution < -0.4 is 10.1 Å². The normalized spacial score (nSPS) is 12.8. The van der Waals surface area contributed by atoms with Crippen molar-refractivity contribution in [2.24, 2.45) is 7.05 Å². The molecule has 134 valence electrons. The summed E-state index contributed by atoms with van der Waals surface area (Å²) in [6.07, 6.45) is 5.19. The van der Waals surface area contributed by atoms with E-state index in [0.717, 1.165) is 24.3 Å².